The van der Waals surface area contributed by atoms with Crippen LogP contribution in [-0.4, -0.2) is 37.4 Å². The second kappa shape index (κ2) is 5.83. The Bertz CT molecular complexity index is 465. The Morgan fingerprint density at radius 3 is 2.94 bits per heavy atom. The summed E-state index contributed by atoms with van der Waals surface area (Å²) in [6.45, 7) is 4.17. The third-order valence-corrected chi connectivity index (χ3v) is 3.07. The van der Waals surface area contributed by atoms with E-state index >= 15 is 0 Å². The maximum absolute atomic E-state index is 11.9. The van der Waals surface area contributed by atoms with Crippen molar-refractivity contribution < 1.29 is 9.53 Å². The highest BCUT2D eigenvalue weighted by molar-refractivity contribution is 6.01. The van der Waals surface area contributed by atoms with Crippen molar-refractivity contribution in [1.82, 2.24) is 4.90 Å². The standard InChI is InChI=1S/C15H19NO2/c1-3-18-15-7-5-4-6-12(15)10-13-11-16(2)9-8-14(13)17/h4-7,10H,3,8-9,11H2,1-2H3/b13-10+. The molecule has 1 saturated heterocycles. The van der Waals surface area contributed by atoms with Crippen LogP contribution in [0, 0.1) is 0 Å². The van der Waals surface area contributed by atoms with Gasteiger partial charge in [0.1, 0.15) is 5.75 Å². The number of hydrogen-bond acceptors (Lipinski definition) is 3. The molecule has 18 heavy (non-hydrogen) atoms. The van der Waals surface area contributed by atoms with Crippen molar-refractivity contribution >= 4 is 11.9 Å². The van der Waals surface area contributed by atoms with Crippen molar-refractivity contribution in [3.8, 4) is 5.75 Å². The van der Waals surface area contributed by atoms with Crippen molar-refractivity contribution in [3.05, 3.63) is 35.4 Å². The molecule has 0 atom stereocenters. The van der Waals surface area contributed by atoms with Gasteiger partial charge in [-0.05, 0) is 26.1 Å². The Hall–Kier alpha value is -1.61. The van der Waals surface area contributed by atoms with Crippen LogP contribution in [0.4, 0.5) is 0 Å². The van der Waals surface area contributed by atoms with E-state index in [4.69, 9.17) is 4.74 Å². The molecule has 2 rings (SSSR count). The maximum Gasteiger partial charge on any atom is 0.161 e. The van der Waals surface area contributed by atoms with Crippen molar-refractivity contribution in [3.63, 3.8) is 0 Å². The SMILES string of the molecule is CCOc1ccccc1/C=C1\CN(C)CCC1=O. The monoisotopic (exact) mass is 245 g/mol. The van der Waals surface area contributed by atoms with Gasteiger partial charge in [0.25, 0.3) is 0 Å². The molecule has 0 aromatic heterocycles. The van der Waals surface area contributed by atoms with Gasteiger partial charge >= 0.3 is 0 Å². The van der Waals surface area contributed by atoms with Crippen molar-refractivity contribution in [2.45, 2.75) is 13.3 Å². The molecular weight excluding hydrogens is 226 g/mol. The lowest BCUT2D eigenvalue weighted by Gasteiger charge is -2.23. The molecule has 96 valence electrons. The molecule has 0 aliphatic carbocycles. The summed E-state index contributed by atoms with van der Waals surface area (Å²) in [6, 6.07) is 7.83. The van der Waals surface area contributed by atoms with E-state index in [0.717, 1.165) is 30.0 Å². The van der Waals surface area contributed by atoms with Crippen LogP contribution in [-0.2, 0) is 4.79 Å². The van der Waals surface area contributed by atoms with E-state index in [1.165, 1.54) is 0 Å². The van der Waals surface area contributed by atoms with Gasteiger partial charge in [-0.1, -0.05) is 18.2 Å². The van der Waals surface area contributed by atoms with Crippen LogP contribution in [0.3, 0.4) is 0 Å². The van der Waals surface area contributed by atoms with E-state index in [2.05, 4.69) is 4.90 Å². The van der Waals surface area contributed by atoms with E-state index in [1.54, 1.807) is 0 Å². The molecule has 1 fully saturated rings. The second-order valence-electron chi connectivity index (χ2n) is 4.55. The number of hydrogen-bond donors (Lipinski definition) is 0. The van der Waals surface area contributed by atoms with E-state index in [9.17, 15) is 4.79 Å². The van der Waals surface area contributed by atoms with Crippen LogP contribution >= 0.6 is 0 Å². The highest BCUT2D eigenvalue weighted by Crippen LogP contribution is 2.23. The van der Waals surface area contributed by atoms with E-state index in [1.807, 2.05) is 44.3 Å². The number of carbonyl (C=O) groups is 1. The number of ether oxygens (including phenoxy) is 1. The van der Waals surface area contributed by atoms with Crippen LogP contribution < -0.4 is 4.74 Å². The van der Waals surface area contributed by atoms with E-state index in [0.29, 0.717) is 13.0 Å². The van der Waals surface area contributed by atoms with Gasteiger partial charge in [-0.25, -0.2) is 0 Å². The largest absolute Gasteiger partial charge is 0.493 e. The first-order valence-electron chi connectivity index (χ1n) is 6.35. The lowest BCUT2D eigenvalue weighted by atomic mass is 10.0. The molecule has 0 spiro atoms. The van der Waals surface area contributed by atoms with Gasteiger partial charge < -0.3 is 9.64 Å². The van der Waals surface area contributed by atoms with Crippen molar-refractivity contribution in [2.75, 3.05) is 26.7 Å². The number of benzene rings is 1. The zero-order chi connectivity index (χ0) is 13.0. The fourth-order valence-electron chi connectivity index (χ4n) is 2.11. The number of carbonyl (C=O) groups excluding carboxylic acids is 1. The summed E-state index contributed by atoms with van der Waals surface area (Å²) in [5.74, 6) is 1.09. The molecule has 1 heterocycles. The van der Waals surface area contributed by atoms with Crippen LogP contribution in [0.15, 0.2) is 29.8 Å². The highest BCUT2D eigenvalue weighted by atomic mass is 16.5. The minimum Gasteiger partial charge on any atom is -0.493 e. The summed E-state index contributed by atoms with van der Waals surface area (Å²) in [5.41, 5.74) is 1.86. The lowest BCUT2D eigenvalue weighted by molar-refractivity contribution is -0.117. The summed E-state index contributed by atoms with van der Waals surface area (Å²) in [7, 11) is 2.04. The van der Waals surface area contributed by atoms with E-state index < -0.39 is 0 Å². The Morgan fingerprint density at radius 2 is 2.17 bits per heavy atom. The molecule has 3 nitrogen and oxygen atoms in total. The first-order valence-corrected chi connectivity index (χ1v) is 6.35. The Labute approximate surface area is 108 Å². The van der Waals surface area contributed by atoms with Gasteiger partial charge in [0, 0.05) is 30.6 Å². The molecule has 0 N–H and O–H groups in total. The summed E-state index contributed by atoms with van der Waals surface area (Å²) < 4.78 is 5.57. The summed E-state index contributed by atoms with van der Waals surface area (Å²) in [6.07, 6.45) is 2.57. The van der Waals surface area contributed by atoms with E-state index in [-0.39, 0.29) is 5.78 Å². The molecular formula is C15H19NO2. The summed E-state index contributed by atoms with van der Waals surface area (Å²) in [5, 5.41) is 0. The number of rotatable bonds is 3. The van der Waals surface area contributed by atoms with Gasteiger partial charge in [-0.2, -0.15) is 0 Å². The number of nitrogens with zero attached hydrogens (tertiary/aromatic N) is 1. The molecule has 0 saturated carbocycles. The van der Waals surface area contributed by atoms with Gasteiger partial charge in [0.15, 0.2) is 5.78 Å². The number of likely N-dealkylation sites (tertiary alicyclic amines) is 1. The van der Waals surface area contributed by atoms with Crippen LogP contribution in [0.1, 0.15) is 18.9 Å². The quantitative estimate of drug-likeness (QED) is 0.766. The number of ketones is 1. The molecule has 0 bridgehead atoms. The van der Waals surface area contributed by atoms with Gasteiger partial charge in [0.2, 0.25) is 0 Å². The average molecular weight is 245 g/mol. The van der Waals surface area contributed by atoms with Crippen molar-refractivity contribution in [2.24, 2.45) is 0 Å². The number of para-hydroxylation sites is 1. The molecule has 1 aromatic carbocycles. The van der Waals surface area contributed by atoms with Crippen LogP contribution in [0.2, 0.25) is 0 Å². The smallest absolute Gasteiger partial charge is 0.161 e. The summed E-state index contributed by atoms with van der Waals surface area (Å²) in [4.78, 5) is 14.0. The number of piperidine rings is 1. The number of Topliss-reactive ketones (excluding diaryl/α,β-unsaturated/α-hetero) is 1. The predicted octanol–water partition coefficient (Wildman–Crippen LogP) is 2.37. The van der Waals surface area contributed by atoms with Gasteiger partial charge in [0.05, 0.1) is 6.61 Å². The normalized spacial score (nSPS) is 19.2. The van der Waals surface area contributed by atoms with Crippen LogP contribution in [0.25, 0.3) is 6.08 Å². The maximum atomic E-state index is 11.9. The molecule has 0 radical (unpaired) electrons. The predicted molar refractivity (Wildman–Crippen MR) is 72.7 cm³/mol. The Morgan fingerprint density at radius 1 is 1.39 bits per heavy atom. The molecule has 0 amide bonds. The first kappa shape index (κ1) is 12.8. The molecule has 1 aromatic rings. The molecule has 0 unspecified atom stereocenters. The minimum atomic E-state index is 0.249. The Balaban J connectivity index is 2.28. The fraction of sp³-hybridized carbons (Fsp3) is 0.400. The second-order valence-corrected chi connectivity index (χ2v) is 4.55. The molecule has 1 aliphatic rings. The zero-order valence-corrected chi connectivity index (χ0v) is 11.0. The average Bonchev–Trinajstić information content (AvgIpc) is 2.36. The topological polar surface area (TPSA) is 29.5 Å². The summed E-state index contributed by atoms with van der Waals surface area (Å²) >= 11 is 0. The highest BCUT2D eigenvalue weighted by Gasteiger charge is 2.18. The third kappa shape index (κ3) is 2.99. The molecule has 3 heteroatoms. The van der Waals surface area contributed by atoms with Crippen LogP contribution in [0.5, 0.6) is 5.75 Å². The zero-order valence-electron chi connectivity index (χ0n) is 11.0. The first-order chi connectivity index (χ1) is 8.70. The fourth-order valence-corrected chi connectivity index (χ4v) is 2.11. The van der Waals surface area contributed by atoms with Gasteiger partial charge in [-0.3, -0.25) is 4.79 Å². The van der Waals surface area contributed by atoms with Crippen molar-refractivity contribution in [1.29, 1.82) is 0 Å². The van der Waals surface area contributed by atoms with Gasteiger partial charge in [-0.15, -0.1) is 0 Å². The Kier molecular flexibility index (Phi) is 4.15. The lowest BCUT2D eigenvalue weighted by Crippen LogP contribution is -2.32. The number of likely N-dealkylation sites (N-methyl/N-ethyl adjacent to an activating group) is 1. The minimum absolute atomic E-state index is 0.249. The molecule has 1 aliphatic heterocycles. The third-order valence-electron chi connectivity index (χ3n) is 3.07.